The number of ether oxygens (including phenoxy) is 1. The standard InChI is InChI=1S/C15H10BrN3O3/c16-10-4-5-14(17-7-10)22-12-3-1-2-11(6-12)19-8-13(15(20)21)18-9-19/h1-9H,(H,20,21). The number of carboxylic acids is 1. The molecule has 7 heteroatoms. The molecule has 3 rings (SSSR count). The van der Waals surface area contributed by atoms with Gasteiger partial charge in [0.15, 0.2) is 5.69 Å². The van der Waals surface area contributed by atoms with Crippen molar-refractivity contribution in [2.75, 3.05) is 0 Å². The smallest absolute Gasteiger partial charge is 0.356 e. The number of carboxylic acid groups (broad SMARTS) is 1. The topological polar surface area (TPSA) is 77.2 Å². The quantitative estimate of drug-likeness (QED) is 0.770. The molecule has 0 spiro atoms. The third-order valence-corrected chi connectivity index (χ3v) is 3.31. The molecule has 0 fully saturated rings. The highest BCUT2D eigenvalue weighted by molar-refractivity contribution is 9.10. The van der Waals surface area contributed by atoms with Crippen molar-refractivity contribution in [1.29, 1.82) is 0 Å². The van der Waals surface area contributed by atoms with Gasteiger partial charge in [-0.3, -0.25) is 0 Å². The SMILES string of the molecule is O=C(O)c1cn(-c2cccc(Oc3ccc(Br)cn3)c2)cn1. The summed E-state index contributed by atoms with van der Waals surface area (Å²) in [5.41, 5.74) is 0.732. The first-order chi connectivity index (χ1) is 10.6. The van der Waals surface area contributed by atoms with Crippen molar-refractivity contribution in [3.63, 3.8) is 0 Å². The zero-order valence-electron chi connectivity index (χ0n) is 11.2. The highest BCUT2D eigenvalue weighted by Crippen LogP contribution is 2.23. The Kier molecular flexibility index (Phi) is 3.88. The average Bonchev–Trinajstić information content (AvgIpc) is 3.00. The number of nitrogens with zero attached hydrogens (tertiary/aromatic N) is 3. The molecule has 0 unspecified atom stereocenters. The van der Waals surface area contributed by atoms with E-state index in [9.17, 15) is 4.79 Å². The largest absolute Gasteiger partial charge is 0.476 e. The zero-order valence-corrected chi connectivity index (χ0v) is 12.8. The Morgan fingerprint density at radius 1 is 1.23 bits per heavy atom. The molecule has 0 saturated heterocycles. The Morgan fingerprint density at radius 3 is 2.77 bits per heavy atom. The van der Waals surface area contributed by atoms with E-state index < -0.39 is 5.97 Å². The summed E-state index contributed by atoms with van der Waals surface area (Å²) < 4.78 is 8.15. The van der Waals surface area contributed by atoms with Gasteiger partial charge in [0.2, 0.25) is 5.88 Å². The molecule has 0 aliphatic heterocycles. The molecule has 0 aliphatic rings. The number of aromatic carboxylic acids is 1. The Hall–Kier alpha value is -2.67. The number of hydrogen-bond acceptors (Lipinski definition) is 4. The monoisotopic (exact) mass is 359 g/mol. The van der Waals surface area contributed by atoms with E-state index in [-0.39, 0.29) is 5.69 Å². The summed E-state index contributed by atoms with van der Waals surface area (Å²) in [7, 11) is 0. The second-order valence-corrected chi connectivity index (χ2v) is 5.30. The Balaban J connectivity index is 1.85. The fourth-order valence-corrected chi connectivity index (χ4v) is 2.06. The highest BCUT2D eigenvalue weighted by atomic mass is 79.9. The van der Waals surface area contributed by atoms with E-state index in [0.29, 0.717) is 11.6 Å². The number of pyridine rings is 1. The van der Waals surface area contributed by atoms with Crippen molar-refractivity contribution in [3.8, 4) is 17.3 Å². The molecule has 110 valence electrons. The van der Waals surface area contributed by atoms with Crippen LogP contribution in [0.5, 0.6) is 11.6 Å². The maximum atomic E-state index is 10.9. The average molecular weight is 360 g/mol. The molecule has 2 aromatic heterocycles. The number of rotatable bonds is 4. The summed E-state index contributed by atoms with van der Waals surface area (Å²) in [4.78, 5) is 18.8. The number of halogens is 1. The summed E-state index contributed by atoms with van der Waals surface area (Å²) in [6, 6.07) is 10.8. The van der Waals surface area contributed by atoms with Crippen LogP contribution in [0.1, 0.15) is 10.5 Å². The van der Waals surface area contributed by atoms with Crippen LogP contribution in [0.15, 0.2) is 59.6 Å². The van der Waals surface area contributed by atoms with Gasteiger partial charge in [0.05, 0.1) is 5.69 Å². The number of hydrogen-bond donors (Lipinski definition) is 1. The molecule has 3 aromatic rings. The van der Waals surface area contributed by atoms with Gasteiger partial charge in [-0.15, -0.1) is 0 Å². The lowest BCUT2D eigenvalue weighted by atomic mass is 10.3. The fraction of sp³-hybridized carbons (Fsp3) is 0. The van der Waals surface area contributed by atoms with Crippen molar-refractivity contribution in [3.05, 3.63) is 65.3 Å². The first-order valence-electron chi connectivity index (χ1n) is 6.29. The molecule has 0 bridgehead atoms. The molecule has 0 amide bonds. The van der Waals surface area contributed by atoms with Crippen LogP contribution in [0.4, 0.5) is 0 Å². The molecule has 1 aromatic carbocycles. The second kappa shape index (κ2) is 5.98. The third-order valence-electron chi connectivity index (χ3n) is 2.84. The van der Waals surface area contributed by atoms with Crippen LogP contribution in [0.25, 0.3) is 5.69 Å². The van der Waals surface area contributed by atoms with Crippen LogP contribution in [0.2, 0.25) is 0 Å². The van der Waals surface area contributed by atoms with Gasteiger partial charge in [-0.25, -0.2) is 14.8 Å². The summed E-state index contributed by atoms with van der Waals surface area (Å²) in [5, 5.41) is 8.90. The lowest BCUT2D eigenvalue weighted by Crippen LogP contribution is -1.96. The maximum absolute atomic E-state index is 10.9. The van der Waals surface area contributed by atoms with Crippen LogP contribution in [-0.4, -0.2) is 25.6 Å². The van der Waals surface area contributed by atoms with E-state index >= 15 is 0 Å². The van der Waals surface area contributed by atoms with Gasteiger partial charge < -0.3 is 14.4 Å². The van der Waals surface area contributed by atoms with Crippen LogP contribution in [0.3, 0.4) is 0 Å². The fourth-order valence-electron chi connectivity index (χ4n) is 1.83. The summed E-state index contributed by atoms with van der Waals surface area (Å²) in [5.74, 6) is 0.000297. The van der Waals surface area contributed by atoms with E-state index in [2.05, 4.69) is 25.9 Å². The van der Waals surface area contributed by atoms with Gasteiger partial charge in [-0.2, -0.15) is 0 Å². The molecular formula is C15H10BrN3O3. The Labute approximate surface area is 134 Å². The highest BCUT2D eigenvalue weighted by Gasteiger charge is 2.08. The van der Waals surface area contributed by atoms with Gasteiger partial charge in [-0.1, -0.05) is 6.07 Å². The molecule has 22 heavy (non-hydrogen) atoms. The first-order valence-corrected chi connectivity index (χ1v) is 7.08. The normalized spacial score (nSPS) is 10.4. The van der Waals surface area contributed by atoms with Gasteiger partial charge >= 0.3 is 5.97 Å². The molecule has 0 aliphatic carbocycles. The van der Waals surface area contributed by atoms with Crippen molar-refractivity contribution in [2.45, 2.75) is 0 Å². The molecular weight excluding hydrogens is 350 g/mol. The van der Waals surface area contributed by atoms with Gasteiger partial charge in [0, 0.05) is 29.0 Å². The molecule has 1 N–H and O–H groups in total. The van der Waals surface area contributed by atoms with E-state index in [1.807, 2.05) is 18.2 Å². The molecule has 6 nitrogen and oxygen atoms in total. The van der Waals surface area contributed by atoms with Crippen molar-refractivity contribution >= 4 is 21.9 Å². The van der Waals surface area contributed by atoms with E-state index in [4.69, 9.17) is 9.84 Å². The number of benzene rings is 1. The van der Waals surface area contributed by atoms with Crippen molar-refractivity contribution in [1.82, 2.24) is 14.5 Å². The molecule has 2 heterocycles. The minimum atomic E-state index is -1.06. The van der Waals surface area contributed by atoms with Crippen molar-refractivity contribution < 1.29 is 14.6 Å². The predicted molar refractivity (Wildman–Crippen MR) is 82.5 cm³/mol. The minimum Gasteiger partial charge on any atom is -0.476 e. The summed E-state index contributed by atoms with van der Waals surface area (Å²) in [6.45, 7) is 0. The first kappa shape index (κ1) is 14.3. The minimum absolute atomic E-state index is 0.0131. The van der Waals surface area contributed by atoms with Crippen LogP contribution in [-0.2, 0) is 0 Å². The lowest BCUT2D eigenvalue weighted by Gasteiger charge is -2.07. The lowest BCUT2D eigenvalue weighted by molar-refractivity contribution is 0.0691. The maximum Gasteiger partial charge on any atom is 0.356 e. The van der Waals surface area contributed by atoms with E-state index in [1.54, 1.807) is 29.0 Å². The molecule has 0 radical (unpaired) electrons. The Morgan fingerprint density at radius 2 is 2.09 bits per heavy atom. The molecule has 0 saturated carbocycles. The van der Waals surface area contributed by atoms with Gasteiger partial charge in [0.1, 0.15) is 12.1 Å². The Bertz CT molecular complexity index is 815. The van der Waals surface area contributed by atoms with Crippen LogP contribution in [0, 0.1) is 0 Å². The summed E-state index contributed by atoms with van der Waals surface area (Å²) in [6.07, 6.45) is 4.54. The van der Waals surface area contributed by atoms with Crippen LogP contribution >= 0.6 is 15.9 Å². The zero-order chi connectivity index (χ0) is 15.5. The number of carbonyl (C=O) groups is 1. The number of imidazole rings is 1. The third kappa shape index (κ3) is 3.15. The predicted octanol–water partition coefficient (Wildman–Crippen LogP) is 3.52. The molecule has 0 atom stereocenters. The van der Waals surface area contributed by atoms with Crippen LogP contribution < -0.4 is 4.74 Å². The van der Waals surface area contributed by atoms with Gasteiger partial charge in [-0.05, 0) is 34.1 Å². The van der Waals surface area contributed by atoms with E-state index in [0.717, 1.165) is 10.2 Å². The van der Waals surface area contributed by atoms with E-state index in [1.165, 1.54) is 12.5 Å². The van der Waals surface area contributed by atoms with Gasteiger partial charge in [0.25, 0.3) is 0 Å². The van der Waals surface area contributed by atoms with Crippen molar-refractivity contribution in [2.24, 2.45) is 0 Å². The summed E-state index contributed by atoms with van der Waals surface area (Å²) >= 11 is 3.31. The second-order valence-electron chi connectivity index (χ2n) is 4.39. The number of aromatic nitrogens is 3.